The van der Waals surface area contributed by atoms with E-state index in [1.165, 1.54) is 16.7 Å². The summed E-state index contributed by atoms with van der Waals surface area (Å²) in [5.74, 6) is 0.126. The molecule has 164 valence electrons. The van der Waals surface area contributed by atoms with E-state index in [0.29, 0.717) is 24.8 Å². The van der Waals surface area contributed by atoms with Crippen molar-refractivity contribution in [1.29, 1.82) is 5.26 Å². The summed E-state index contributed by atoms with van der Waals surface area (Å²) in [6.45, 7) is -1.64. The second kappa shape index (κ2) is 8.29. The number of alkyl halides is 3. The fraction of sp³-hybridized carbons (Fsp3) is 0.480. The Morgan fingerprint density at radius 2 is 1.90 bits per heavy atom. The highest BCUT2D eigenvalue weighted by Gasteiger charge is 2.51. The Bertz CT molecular complexity index is 969. The summed E-state index contributed by atoms with van der Waals surface area (Å²) in [7, 11) is 0. The number of nitriles is 1. The zero-order chi connectivity index (χ0) is 22.1. The molecule has 2 aromatic rings. The van der Waals surface area contributed by atoms with Gasteiger partial charge in [-0.3, -0.25) is 0 Å². The summed E-state index contributed by atoms with van der Waals surface area (Å²) >= 11 is 0. The van der Waals surface area contributed by atoms with Gasteiger partial charge in [-0.05, 0) is 73.3 Å². The number of ether oxygens (including phenoxy) is 1. The molecular formula is C25H26F3NO2. The van der Waals surface area contributed by atoms with E-state index in [9.17, 15) is 23.5 Å². The molecule has 2 aliphatic carbocycles. The molecule has 3 atom stereocenters. The van der Waals surface area contributed by atoms with Gasteiger partial charge in [0.25, 0.3) is 0 Å². The SMILES string of the molecule is N#Cc1ccc2c(c1)CC[C@@H]1C[C@@](O)(COCC(F)(F)F)CC[C@@]21Cc1ccccc1. The minimum absolute atomic E-state index is 0.126. The monoisotopic (exact) mass is 429 g/mol. The van der Waals surface area contributed by atoms with Gasteiger partial charge in [0.15, 0.2) is 0 Å². The lowest BCUT2D eigenvalue weighted by Gasteiger charge is -2.53. The molecule has 2 aromatic carbocycles. The summed E-state index contributed by atoms with van der Waals surface area (Å²) in [6, 6.07) is 18.3. The maximum Gasteiger partial charge on any atom is 0.411 e. The second-order valence-electron chi connectivity index (χ2n) is 9.07. The van der Waals surface area contributed by atoms with E-state index in [2.05, 4.69) is 18.2 Å². The second-order valence-corrected chi connectivity index (χ2v) is 9.07. The van der Waals surface area contributed by atoms with Crippen LogP contribution in [0.15, 0.2) is 48.5 Å². The zero-order valence-corrected chi connectivity index (χ0v) is 17.3. The standard InChI is InChI=1S/C25H26F3NO2/c26-25(27,28)17-31-16-23(30)10-11-24(13-18-4-2-1-3-5-18)21(14-23)8-7-20-12-19(15-29)6-9-22(20)24/h1-6,9,12,21,30H,7-8,10-11,13-14,16-17H2/t21-,23-,24+/m1/s1. The maximum absolute atomic E-state index is 12.5. The van der Waals surface area contributed by atoms with Gasteiger partial charge in [0.1, 0.15) is 6.61 Å². The lowest BCUT2D eigenvalue weighted by molar-refractivity contribution is -0.192. The van der Waals surface area contributed by atoms with Crippen LogP contribution in [0.5, 0.6) is 0 Å². The number of aliphatic hydroxyl groups is 1. The molecule has 0 aliphatic heterocycles. The summed E-state index contributed by atoms with van der Waals surface area (Å²) in [5, 5.41) is 20.4. The number of fused-ring (bicyclic) bond motifs is 3. The van der Waals surface area contributed by atoms with E-state index in [0.717, 1.165) is 19.3 Å². The molecule has 4 rings (SSSR count). The largest absolute Gasteiger partial charge is 0.411 e. The highest BCUT2D eigenvalue weighted by atomic mass is 19.4. The smallest absolute Gasteiger partial charge is 0.387 e. The Morgan fingerprint density at radius 1 is 1.13 bits per heavy atom. The van der Waals surface area contributed by atoms with Crippen molar-refractivity contribution in [2.24, 2.45) is 5.92 Å². The average Bonchev–Trinajstić information content (AvgIpc) is 2.73. The molecule has 0 spiro atoms. The van der Waals surface area contributed by atoms with E-state index in [1.807, 2.05) is 36.4 Å². The van der Waals surface area contributed by atoms with Crippen molar-refractivity contribution in [3.05, 3.63) is 70.8 Å². The molecular weight excluding hydrogens is 403 g/mol. The molecule has 6 heteroatoms. The first kappa shape index (κ1) is 21.9. The van der Waals surface area contributed by atoms with Gasteiger partial charge in [-0.2, -0.15) is 18.4 Å². The summed E-state index contributed by atoms with van der Waals surface area (Å²) < 4.78 is 42.4. The highest BCUT2D eigenvalue weighted by Crippen LogP contribution is 2.54. The van der Waals surface area contributed by atoms with Crippen LogP contribution in [0.4, 0.5) is 13.2 Å². The maximum atomic E-state index is 12.5. The lowest BCUT2D eigenvalue weighted by Crippen LogP contribution is -2.53. The number of hydrogen-bond donors (Lipinski definition) is 1. The van der Waals surface area contributed by atoms with Crippen LogP contribution in [0.2, 0.25) is 0 Å². The molecule has 1 saturated carbocycles. The number of benzene rings is 2. The van der Waals surface area contributed by atoms with E-state index >= 15 is 0 Å². The van der Waals surface area contributed by atoms with E-state index in [1.54, 1.807) is 0 Å². The third-order valence-corrected chi connectivity index (χ3v) is 6.98. The molecule has 0 amide bonds. The molecule has 2 aliphatic rings. The van der Waals surface area contributed by atoms with Gasteiger partial charge in [-0.15, -0.1) is 0 Å². The molecule has 0 unspecified atom stereocenters. The summed E-state index contributed by atoms with van der Waals surface area (Å²) in [4.78, 5) is 0. The number of nitrogens with zero attached hydrogens (tertiary/aromatic N) is 1. The van der Waals surface area contributed by atoms with E-state index in [-0.39, 0.29) is 17.9 Å². The van der Waals surface area contributed by atoms with Crippen molar-refractivity contribution < 1.29 is 23.0 Å². The quantitative estimate of drug-likeness (QED) is 0.720. The third kappa shape index (κ3) is 4.63. The molecule has 0 radical (unpaired) electrons. The van der Waals surface area contributed by atoms with Gasteiger partial charge in [0.2, 0.25) is 0 Å². The lowest BCUT2D eigenvalue weighted by atomic mass is 9.52. The van der Waals surface area contributed by atoms with Crippen molar-refractivity contribution in [2.75, 3.05) is 13.2 Å². The van der Waals surface area contributed by atoms with Crippen LogP contribution in [0.25, 0.3) is 0 Å². The van der Waals surface area contributed by atoms with Gasteiger partial charge in [0, 0.05) is 5.41 Å². The van der Waals surface area contributed by atoms with E-state index in [4.69, 9.17) is 4.74 Å². The van der Waals surface area contributed by atoms with Gasteiger partial charge in [0.05, 0.1) is 23.8 Å². The first-order valence-electron chi connectivity index (χ1n) is 10.7. The van der Waals surface area contributed by atoms with Crippen molar-refractivity contribution in [3.8, 4) is 6.07 Å². The van der Waals surface area contributed by atoms with Gasteiger partial charge >= 0.3 is 6.18 Å². The van der Waals surface area contributed by atoms with E-state index < -0.39 is 18.4 Å². The highest BCUT2D eigenvalue weighted by molar-refractivity contribution is 5.46. The Balaban J connectivity index is 1.64. The predicted molar refractivity (Wildman–Crippen MR) is 110 cm³/mol. The zero-order valence-electron chi connectivity index (χ0n) is 17.3. The van der Waals surface area contributed by atoms with Crippen LogP contribution in [-0.2, 0) is 23.0 Å². The summed E-state index contributed by atoms with van der Waals surface area (Å²) in [5.41, 5.74) is 2.76. The van der Waals surface area contributed by atoms with Crippen LogP contribution in [-0.4, -0.2) is 30.1 Å². The van der Waals surface area contributed by atoms with Gasteiger partial charge in [-0.25, -0.2) is 0 Å². The van der Waals surface area contributed by atoms with Crippen molar-refractivity contribution in [1.82, 2.24) is 0 Å². The Hall–Kier alpha value is -2.36. The fourth-order valence-corrected chi connectivity index (χ4v) is 5.61. The molecule has 1 fully saturated rings. The molecule has 0 saturated heterocycles. The fourth-order valence-electron chi connectivity index (χ4n) is 5.61. The van der Waals surface area contributed by atoms with Gasteiger partial charge < -0.3 is 9.84 Å². The Kier molecular flexibility index (Phi) is 5.85. The molecule has 31 heavy (non-hydrogen) atoms. The number of rotatable bonds is 5. The van der Waals surface area contributed by atoms with Crippen molar-refractivity contribution in [3.63, 3.8) is 0 Å². The number of hydrogen-bond acceptors (Lipinski definition) is 3. The molecule has 0 bridgehead atoms. The number of halogens is 3. The van der Waals surface area contributed by atoms with Crippen LogP contribution in [0.1, 0.15) is 47.9 Å². The predicted octanol–water partition coefficient (Wildman–Crippen LogP) is 5.10. The molecule has 3 nitrogen and oxygen atoms in total. The Labute approximate surface area is 180 Å². The molecule has 0 heterocycles. The van der Waals surface area contributed by atoms with Crippen LogP contribution < -0.4 is 0 Å². The van der Waals surface area contributed by atoms with Crippen LogP contribution in [0.3, 0.4) is 0 Å². The van der Waals surface area contributed by atoms with Crippen LogP contribution in [0, 0.1) is 17.2 Å². The van der Waals surface area contributed by atoms with Crippen LogP contribution >= 0.6 is 0 Å². The first-order chi connectivity index (χ1) is 14.7. The minimum atomic E-state index is -4.40. The molecule has 0 aromatic heterocycles. The number of aryl methyl sites for hydroxylation is 1. The minimum Gasteiger partial charge on any atom is -0.387 e. The Morgan fingerprint density at radius 3 is 2.61 bits per heavy atom. The normalized spacial score (nSPS) is 27.8. The van der Waals surface area contributed by atoms with Gasteiger partial charge in [-0.1, -0.05) is 36.4 Å². The average molecular weight is 429 g/mol. The molecule has 1 N–H and O–H groups in total. The first-order valence-corrected chi connectivity index (χ1v) is 10.7. The van der Waals surface area contributed by atoms with Crippen molar-refractivity contribution in [2.45, 2.75) is 55.7 Å². The topological polar surface area (TPSA) is 53.2 Å². The van der Waals surface area contributed by atoms with Crippen molar-refractivity contribution >= 4 is 0 Å². The summed E-state index contributed by atoms with van der Waals surface area (Å²) in [6.07, 6.45) is -0.509. The third-order valence-electron chi connectivity index (χ3n) is 6.98.